The first-order valence-corrected chi connectivity index (χ1v) is 12.8. The highest BCUT2D eigenvalue weighted by molar-refractivity contribution is 6.09. The number of piperazine rings is 1. The maximum atomic E-state index is 14.2. The quantitative estimate of drug-likeness (QED) is 0.380. The summed E-state index contributed by atoms with van der Waals surface area (Å²) in [4.78, 5) is 32.8. The van der Waals surface area contributed by atoms with Crippen LogP contribution in [-0.2, 0) is 4.79 Å². The Bertz CT molecular complexity index is 1420. The molecule has 1 atom stereocenters. The summed E-state index contributed by atoms with van der Waals surface area (Å²) >= 11 is 0. The van der Waals surface area contributed by atoms with Gasteiger partial charge in [-0.05, 0) is 49.2 Å². The van der Waals surface area contributed by atoms with Crippen molar-refractivity contribution >= 4 is 22.7 Å². The summed E-state index contributed by atoms with van der Waals surface area (Å²) in [7, 11) is 0. The van der Waals surface area contributed by atoms with Gasteiger partial charge in [0.1, 0.15) is 22.6 Å². The molecule has 0 aliphatic carbocycles. The minimum absolute atomic E-state index is 0.0661. The van der Waals surface area contributed by atoms with Gasteiger partial charge < -0.3 is 15.0 Å². The van der Waals surface area contributed by atoms with E-state index in [1.54, 1.807) is 6.20 Å². The number of benzene rings is 2. The van der Waals surface area contributed by atoms with Gasteiger partial charge in [-0.3, -0.25) is 19.1 Å². The zero-order valence-electron chi connectivity index (χ0n) is 21.5. The highest BCUT2D eigenvalue weighted by Crippen LogP contribution is 2.39. The van der Waals surface area contributed by atoms with Crippen LogP contribution >= 0.6 is 0 Å². The second-order valence-corrected chi connectivity index (χ2v) is 9.54. The normalized spacial score (nSPS) is 15.6. The fourth-order valence-corrected chi connectivity index (χ4v) is 5.00. The smallest absolute Gasteiger partial charge is 0.261 e. The minimum atomic E-state index is -0.143. The van der Waals surface area contributed by atoms with Crippen LogP contribution in [0.2, 0.25) is 0 Å². The first-order chi connectivity index (χ1) is 18.0. The molecule has 1 saturated heterocycles. The van der Waals surface area contributed by atoms with Crippen molar-refractivity contribution in [2.24, 2.45) is 0 Å². The van der Waals surface area contributed by atoms with Crippen LogP contribution in [-0.4, -0.2) is 51.8 Å². The third kappa shape index (κ3) is 4.87. The summed E-state index contributed by atoms with van der Waals surface area (Å²) in [5.41, 5.74) is 4.67. The van der Waals surface area contributed by atoms with E-state index in [0.29, 0.717) is 49.4 Å². The molecule has 4 aromatic rings. The fraction of sp³-hybridized carbons (Fsp3) is 0.300. The Morgan fingerprint density at radius 2 is 1.78 bits per heavy atom. The van der Waals surface area contributed by atoms with Gasteiger partial charge in [0.15, 0.2) is 0 Å². The molecule has 1 fully saturated rings. The number of aromatic nitrogens is 2. The topological polar surface area (TPSA) is 76.5 Å². The molecule has 0 bridgehead atoms. The molecular formula is C30H32N4O3. The largest absolute Gasteiger partial charge is 0.439 e. The standard InChI is InChI=1S/C30H32N4O3/c1-4-24(35)18-22-19-33(17-16-31-22)29(36)26-27-25(14-9-15-32-27)34(23-12-6-5-7-13-23)30(26)37-28-20(2)10-8-11-21(28)3/h5-15,22,31H,4,16-19H2,1-3H3. The number of fused-ring (bicyclic) bond motifs is 1. The van der Waals surface area contributed by atoms with Crippen molar-refractivity contribution in [3.8, 4) is 17.3 Å². The highest BCUT2D eigenvalue weighted by atomic mass is 16.5. The van der Waals surface area contributed by atoms with Crippen molar-refractivity contribution in [3.63, 3.8) is 0 Å². The third-order valence-corrected chi connectivity index (χ3v) is 6.93. The van der Waals surface area contributed by atoms with Crippen molar-refractivity contribution < 1.29 is 14.3 Å². The molecule has 1 unspecified atom stereocenters. The molecule has 7 nitrogen and oxygen atoms in total. The number of hydrogen-bond donors (Lipinski definition) is 1. The summed E-state index contributed by atoms with van der Waals surface area (Å²) < 4.78 is 8.64. The van der Waals surface area contributed by atoms with E-state index in [4.69, 9.17) is 4.74 Å². The minimum Gasteiger partial charge on any atom is -0.439 e. The summed E-state index contributed by atoms with van der Waals surface area (Å²) in [5, 5.41) is 3.39. The maximum Gasteiger partial charge on any atom is 0.261 e. The number of nitrogens with one attached hydrogen (secondary N) is 1. The van der Waals surface area contributed by atoms with E-state index in [1.165, 1.54) is 0 Å². The van der Waals surface area contributed by atoms with Gasteiger partial charge in [0.25, 0.3) is 5.91 Å². The number of ketones is 1. The number of carbonyl (C=O) groups excluding carboxylic acids is 2. The second kappa shape index (κ2) is 10.6. The Morgan fingerprint density at radius 1 is 1.03 bits per heavy atom. The number of hydrogen-bond acceptors (Lipinski definition) is 5. The lowest BCUT2D eigenvalue weighted by Crippen LogP contribution is -2.53. The summed E-state index contributed by atoms with van der Waals surface area (Å²) in [6, 6.07) is 19.7. The number of carbonyl (C=O) groups is 2. The van der Waals surface area contributed by atoms with Crippen molar-refractivity contribution in [3.05, 3.63) is 83.6 Å². The van der Waals surface area contributed by atoms with Gasteiger partial charge in [-0.25, -0.2) is 0 Å². The van der Waals surface area contributed by atoms with Crippen LogP contribution in [0.15, 0.2) is 66.9 Å². The fourth-order valence-electron chi connectivity index (χ4n) is 5.00. The lowest BCUT2D eigenvalue weighted by Gasteiger charge is -2.33. The molecule has 1 N–H and O–H groups in total. The molecule has 3 heterocycles. The summed E-state index contributed by atoms with van der Waals surface area (Å²) in [6.07, 6.45) is 2.61. The molecule has 0 radical (unpaired) electrons. The van der Waals surface area contributed by atoms with Crippen LogP contribution in [0.4, 0.5) is 0 Å². The van der Waals surface area contributed by atoms with E-state index in [1.807, 2.05) is 90.9 Å². The van der Waals surface area contributed by atoms with Crippen LogP contribution in [0, 0.1) is 13.8 Å². The number of Topliss-reactive ketones (excluding diaryl/α,β-unsaturated/α-hetero) is 1. The molecule has 2 aromatic carbocycles. The van der Waals surface area contributed by atoms with Gasteiger partial charge in [-0.1, -0.05) is 43.3 Å². The first kappa shape index (κ1) is 24.7. The Hall–Kier alpha value is -3.97. The Balaban J connectivity index is 1.66. The third-order valence-electron chi connectivity index (χ3n) is 6.93. The molecule has 2 aromatic heterocycles. The second-order valence-electron chi connectivity index (χ2n) is 9.54. The van der Waals surface area contributed by atoms with Gasteiger partial charge in [-0.2, -0.15) is 0 Å². The number of para-hydroxylation sites is 2. The number of pyridine rings is 1. The molecule has 0 saturated carbocycles. The predicted molar refractivity (Wildman–Crippen MR) is 145 cm³/mol. The molecule has 37 heavy (non-hydrogen) atoms. The average Bonchev–Trinajstić information content (AvgIpc) is 3.24. The SMILES string of the molecule is CCC(=O)CC1CN(C(=O)c2c(Oc3c(C)cccc3C)n(-c3ccccc3)c3cccnc23)CCN1. The Kier molecular flexibility index (Phi) is 7.06. The molecule has 190 valence electrons. The van der Waals surface area contributed by atoms with Crippen molar-refractivity contribution in [1.82, 2.24) is 19.8 Å². The molecular weight excluding hydrogens is 464 g/mol. The van der Waals surface area contributed by atoms with Crippen molar-refractivity contribution in [2.75, 3.05) is 19.6 Å². The summed E-state index contributed by atoms with van der Waals surface area (Å²) in [5.74, 6) is 1.22. The molecule has 1 aliphatic rings. The van der Waals surface area contributed by atoms with Crippen LogP contribution in [0.3, 0.4) is 0 Å². The number of aryl methyl sites for hydroxylation is 2. The maximum absolute atomic E-state index is 14.2. The van der Waals surface area contributed by atoms with Gasteiger partial charge in [0, 0.05) is 50.4 Å². The van der Waals surface area contributed by atoms with E-state index in [0.717, 1.165) is 28.1 Å². The Morgan fingerprint density at radius 3 is 2.51 bits per heavy atom. The first-order valence-electron chi connectivity index (χ1n) is 12.8. The zero-order chi connectivity index (χ0) is 25.9. The zero-order valence-corrected chi connectivity index (χ0v) is 21.5. The van der Waals surface area contributed by atoms with Gasteiger partial charge in [-0.15, -0.1) is 0 Å². The van der Waals surface area contributed by atoms with Crippen molar-refractivity contribution in [1.29, 1.82) is 0 Å². The highest BCUT2D eigenvalue weighted by Gasteiger charge is 2.33. The molecule has 0 spiro atoms. The van der Waals surface area contributed by atoms with Crippen LogP contribution in [0.25, 0.3) is 16.7 Å². The van der Waals surface area contributed by atoms with Gasteiger partial charge >= 0.3 is 0 Å². The lowest BCUT2D eigenvalue weighted by atomic mass is 10.1. The summed E-state index contributed by atoms with van der Waals surface area (Å²) in [6.45, 7) is 7.51. The van der Waals surface area contributed by atoms with Crippen molar-refractivity contribution in [2.45, 2.75) is 39.7 Å². The number of amides is 1. The van der Waals surface area contributed by atoms with Crippen LogP contribution in [0.5, 0.6) is 11.6 Å². The van der Waals surface area contributed by atoms with E-state index in [9.17, 15) is 9.59 Å². The number of ether oxygens (including phenoxy) is 1. The average molecular weight is 497 g/mol. The van der Waals surface area contributed by atoms with Crippen LogP contribution < -0.4 is 10.1 Å². The molecule has 1 amide bonds. The molecule has 7 heteroatoms. The van der Waals surface area contributed by atoms with E-state index in [-0.39, 0.29) is 17.7 Å². The molecule has 1 aliphatic heterocycles. The van der Waals surface area contributed by atoms with Gasteiger partial charge in [0.2, 0.25) is 5.88 Å². The van der Waals surface area contributed by atoms with Gasteiger partial charge in [0.05, 0.1) is 5.52 Å². The van der Waals surface area contributed by atoms with E-state index >= 15 is 0 Å². The van der Waals surface area contributed by atoms with E-state index < -0.39 is 0 Å². The lowest BCUT2D eigenvalue weighted by molar-refractivity contribution is -0.119. The van der Waals surface area contributed by atoms with Crippen LogP contribution in [0.1, 0.15) is 41.3 Å². The van der Waals surface area contributed by atoms with E-state index in [2.05, 4.69) is 10.3 Å². The number of rotatable bonds is 7. The number of nitrogens with zero attached hydrogens (tertiary/aromatic N) is 3. The Labute approximate surface area is 217 Å². The predicted octanol–water partition coefficient (Wildman–Crippen LogP) is 5.22. The molecule has 5 rings (SSSR count). The monoisotopic (exact) mass is 496 g/mol.